The largest absolute Gasteiger partial charge is 0.480 e. The number of carboxylic acids is 1. The minimum atomic E-state index is -1.23. The number of carboxylic acid groups (broad SMARTS) is 1. The molecule has 0 unspecified atom stereocenters. The van der Waals surface area contributed by atoms with Crippen molar-refractivity contribution < 1.29 is 33.9 Å². The fourth-order valence-electron chi connectivity index (χ4n) is 3.44. The molecule has 1 aliphatic heterocycles. The first-order valence-electron chi connectivity index (χ1n) is 11.6. The Bertz CT molecular complexity index is 950. The number of rotatable bonds is 13. The van der Waals surface area contributed by atoms with Gasteiger partial charge in [-0.2, -0.15) is 0 Å². The van der Waals surface area contributed by atoms with E-state index in [-0.39, 0.29) is 24.9 Å². The van der Waals surface area contributed by atoms with Crippen molar-refractivity contribution in [3.63, 3.8) is 0 Å². The van der Waals surface area contributed by atoms with Crippen molar-refractivity contribution in [2.45, 2.75) is 44.3 Å². The summed E-state index contributed by atoms with van der Waals surface area (Å²) < 4.78 is 0. The molecule has 36 heavy (non-hydrogen) atoms. The summed E-state index contributed by atoms with van der Waals surface area (Å²) >= 11 is 0. The molecule has 0 radical (unpaired) electrons. The van der Waals surface area contributed by atoms with Gasteiger partial charge in [0, 0.05) is 6.42 Å². The third-order valence-electron chi connectivity index (χ3n) is 5.35. The fraction of sp³-hybridized carbons (Fsp3) is 0.478. The van der Waals surface area contributed by atoms with E-state index in [2.05, 4.69) is 31.9 Å². The smallest absolute Gasteiger partial charge is 0.322 e. The molecule has 0 bridgehead atoms. The van der Waals surface area contributed by atoms with Gasteiger partial charge in [0.2, 0.25) is 29.5 Å². The highest BCUT2D eigenvalue weighted by molar-refractivity contribution is 5.94. The summed E-state index contributed by atoms with van der Waals surface area (Å²) in [5.74, 6) is -4.08. The Kier molecular flexibility index (Phi) is 11.3. The van der Waals surface area contributed by atoms with Gasteiger partial charge in [0.25, 0.3) is 0 Å². The quantitative estimate of drug-likeness (QED) is 0.152. The van der Waals surface area contributed by atoms with Crippen molar-refractivity contribution in [1.82, 2.24) is 31.9 Å². The van der Waals surface area contributed by atoms with Crippen molar-refractivity contribution >= 4 is 35.5 Å². The Balaban J connectivity index is 1.91. The predicted molar refractivity (Wildman–Crippen MR) is 127 cm³/mol. The third kappa shape index (κ3) is 10.1. The molecule has 5 amide bonds. The second kappa shape index (κ2) is 14.4. The van der Waals surface area contributed by atoms with E-state index in [1.165, 1.54) is 6.92 Å². The summed E-state index contributed by atoms with van der Waals surface area (Å²) in [5.41, 5.74) is 0.768. The molecule has 13 heteroatoms. The van der Waals surface area contributed by atoms with Crippen LogP contribution in [-0.2, 0) is 35.2 Å². The lowest BCUT2D eigenvalue weighted by Crippen LogP contribution is -2.55. The summed E-state index contributed by atoms with van der Waals surface area (Å²) in [6, 6.07) is 6.52. The number of carbonyl (C=O) groups excluding carboxylic acids is 5. The lowest BCUT2D eigenvalue weighted by Gasteiger charge is -2.21. The van der Waals surface area contributed by atoms with E-state index in [1.807, 2.05) is 6.07 Å². The molecule has 1 heterocycles. The van der Waals surface area contributed by atoms with E-state index in [9.17, 15) is 28.8 Å². The maximum absolute atomic E-state index is 12.9. The molecule has 1 saturated heterocycles. The van der Waals surface area contributed by atoms with Gasteiger partial charge < -0.3 is 37.0 Å². The lowest BCUT2D eigenvalue weighted by atomic mass is 10.0. The summed E-state index contributed by atoms with van der Waals surface area (Å²) in [6.07, 6.45) is 1.71. The molecule has 0 spiro atoms. The maximum atomic E-state index is 12.9. The van der Waals surface area contributed by atoms with Crippen LogP contribution in [0.4, 0.5) is 0 Å². The topological polar surface area (TPSA) is 195 Å². The molecule has 3 atom stereocenters. The van der Waals surface area contributed by atoms with Crippen LogP contribution in [-0.4, -0.2) is 84.9 Å². The van der Waals surface area contributed by atoms with E-state index < -0.39 is 54.8 Å². The molecule has 1 aromatic carbocycles. The Morgan fingerprint density at radius 3 is 2.25 bits per heavy atom. The Labute approximate surface area is 208 Å². The second-order valence-corrected chi connectivity index (χ2v) is 8.30. The first-order valence-corrected chi connectivity index (χ1v) is 11.6. The second-order valence-electron chi connectivity index (χ2n) is 8.30. The van der Waals surface area contributed by atoms with Gasteiger partial charge in [0.15, 0.2) is 0 Å². The van der Waals surface area contributed by atoms with Crippen LogP contribution in [0.2, 0.25) is 0 Å². The Morgan fingerprint density at radius 1 is 0.917 bits per heavy atom. The van der Waals surface area contributed by atoms with E-state index in [0.29, 0.717) is 6.42 Å². The summed E-state index contributed by atoms with van der Waals surface area (Å²) in [4.78, 5) is 71.8. The molecule has 7 N–H and O–H groups in total. The number of aliphatic carboxylic acids is 1. The number of hydrogen-bond donors (Lipinski definition) is 7. The van der Waals surface area contributed by atoms with Gasteiger partial charge in [0.05, 0.1) is 19.1 Å². The molecule has 0 saturated carbocycles. The zero-order chi connectivity index (χ0) is 26.5. The highest BCUT2D eigenvalue weighted by Crippen LogP contribution is 2.05. The highest BCUT2D eigenvalue weighted by atomic mass is 16.4. The van der Waals surface area contributed by atoms with Crippen LogP contribution < -0.4 is 31.9 Å². The number of carbonyl (C=O) groups is 6. The van der Waals surface area contributed by atoms with Crippen molar-refractivity contribution in [3.8, 4) is 0 Å². The van der Waals surface area contributed by atoms with E-state index in [1.54, 1.807) is 24.3 Å². The van der Waals surface area contributed by atoms with Crippen molar-refractivity contribution in [3.05, 3.63) is 35.9 Å². The minimum Gasteiger partial charge on any atom is -0.480 e. The standard InChI is InChI=1S/C23H32N6O7/c1-14(21(34)26-11-18(30)25-13-20(32)33)28-23(36)17(10-15-6-3-2-4-7-15)29-19(31)12-27-22(35)16-8-5-9-24-16/h2-4,6-7,14,16-17,24H,5,8-13H2,1H3,(H,25,30)(H,26,34)(H,27,35)(H,28,36)(H,29,31)(H,32,33)/t14-,16-,17-/m0/s1. The number of nitrogens with one attached hydrogen (secondary N) is 6. The molecular formula is C23H32N6O7. The molecule has 0 aliphatic carbocycles. The Hall–Kier alpha value is -4.00. The van der Waals surface area contributed by atoms with E-state index in [0.717, 1.165) is 18.5 Å². The van der Waals surface area contributed by atoms with Crippen molar-refractivity contribution in [2.24, 2.45) is 0 Å². The van der Waals surface area contributed by atoms with Gasteiger partial charge >= 0.3 is 5.97 Å². The van der Waals surface area contributed by atoms with Crippen LogP contribution in [0.15, 0.2) is 30.3 Å². The average molecular weight is 505 g/mol. The molecule has 1 aliphatic rings. The van der Waals surface area contributed by atoms with E-state index in [4.69, 9.17) is 5.11 Å². The van der Waals surface area contributed by atoms with Crippen LogP contribution in [0.25, 0.3) is 0 Å². The summed E-state index contributed by atoms with van der Waals surface area (Å²) in [6.45, 7) is 0.781. The zero-order valence-corrected chi connectivity index (χ0v) is 20.0. The zero-order valence-electron chi connectivity index (χ0n) is 20.0. The van der Waals surface area contributed by atoms with Crippen LogP contribution in [0, 0.1) is 0 Å². The molecule has 13 nitrogen and oxygen atoms in total. The van der Waals surface area contributed by atoms with Crippen LogP contribution in [0.3, 0.4) is 0 Å². The molecule has 1 aromatic rings. The van der Waals surface area contributed by atoms with Gasteiger partial charge in [-0.3, -0.25) is 28.8 Å². The van der Waals surface area contributed by atoms with Gasteiger partial charge in [-0.25, -0.2) is 0 Å². The lowest BCUT2D eigenvalue weighted by molar-refractivity contribution is -0.138. The minimum absolute atomic E-state index is 0.141. The van der Waals surface area contributed by atoms with Crippen LogP contribution in [0.5, 0.6) is 0 Å². The fourth-order valence-corrected chi connectivity index (χ4v) is 3.44. The van der Waals surface area contributed by atoms with Gasteiger partial charge in [-0.15, -0.1) is 0 Å². The average Bonchev–Trinajstić information content (AvgIpc) is 3.40. The maximum Gasteiger partial charge on any atom is 0.322 e. The SMILES string of the molecule is C[C@H](NC(=O)[C@H](Cc1ccccc1)NC(=O)CNC(=O)[C@@H]1CCCN1)C(=O)NCC(=O)NCC(=O)O. The normalized spacial score (nSPS) is 16.2. The van der Waals surface area contributed by atoms with Crippen LogP contribution in [0.1, 0.15) is 25.3 Å². The predicted octanol–water partition coefficient (Wildman–Crippen LogP) is -2.60. The van der Waals surface area contributed by atoms with E-state index >= 15 is 0 Å². The monoisotopic (exact) mass is 504 g/mol. The molecule has 196 valence electrons. The number of hydrogen-bond acceptors (Lipinski definition) is 7. The summed E-state index contributed by atoms with van der Waals surface area (Å²) in [5, 5.41) is 23.6. The first kappa shape index (κ1) is 28.2. The third-order valence-corrected chi connectivity index (χ3v) is 5.35. The molecule has 2 rings (SSSR count). The van der Waals surface area contributed by atoms with Crippen LogP contribution >= 0.6 is 0 Å². The van der Waals surface area contributed by atoms with Gasteiger partial charge in [-0.1, -0.05) is 30.3 Å². The highest BCUT2D eigenvalue weighted by Gasteiger charge is 2.26. The molecular weight excluding hydrogens is 472 g/mol. The van der Waals surface area contributed by atoms with Gasteiger partial charge in [-0.05, 0) is 31.9 Å². The number of amides is 5. The number of benzene rings is 1. The molecule has 0 aromatic heterocycles. The first-order chi connectivity index (χ1) is 17.2. The molecule has 1 fully saturated rings. The van der Waals surface area contributed by atoms with Gasteiger partial charge in [0.1, 0.15) is 18.6 Å². The van der Waals surface area contributed by atoms with Crippen molar-refractivity contribution in [2.75, 3.05) is 26.2 Å². The van der Waals surface area contributed by atoms with Crippen molar-refractivity contribution in [1.29, 1.82) is 0 Å². The Morgan fingerprint density at radius 2 is 1.61 bits per heavy atom. The summed E-state index contributed by atoms with van der Waals surface area (Å²) in [7, 11) is 0.